The molecule has 0 saturated carbocycles. The number of hydrogen-bond donors (Lipinski definition) is 6. The molecule has 6 N–H and O–H groups in total. The molecular weight excluding hydrogens is 823 g/mol. The molecule has 1 aliphatic rings. The quantitative estimate of drug-likeness (QED) is 0.0149. The van der Waals surface area contributed by atoms with Crippen molar-refractivity contribution < 1.29 is 49.3 Å². The zero-order valence-electron chi connectivity index (χ0n) is 41.4. The van der Waals surface area contributed by atoms with Gasteiger partial charge in [-0.3, -0.25) is 9.59 Å². The number of esters is 1. The predicted octanol–water partition coefficient (Wildman–Crippen LogP) is 11.2. The van der Waals surface area contributed by atoms with Gasteiger partial charge >= 0.3 is 5.97 Å². The van der Waals surface area contributed by atoms with E-state index in [1.54, 1.807) is 6.08 Å². The Morgan fingerprint density at radius 1 is 0.569 bits per heavy atom. The Labute approximate surface area is 396 Å². The lowest BCUT2D eigenvalue weighted by atomic mass is 9.99. The van der Waals surface area contributed by atoms with Gasteiger partial charge in [0.25, 0.3) is 0 Å². The molecule has 0 aromatic rings. The Hall–Kier alpha value is -2.12. The predicted molar refractivity (Wildman–Crippen MR) is 264 cm³/mol. The molecule has 0 aromatic carbocycles. The van der Waals surface area contributed by atoms with Gasteiger partial charge in [-0.15, -0.1) is 0 Å². The molecule has 11 heteroatoms. The Morgan fingerprint density at radius 3 is 1.52 bits per heavy atom. The smallest absolute Gasteiger partial charge is 0.305 e. The minimum absolute atomic E-state index is 0.0419. The summed E-state index contributed by atoms with van der Waals surface area (Å²) in [5.41, 5.74) is 0. The van der Waals surface area contributed by atoms with Gasteiger partial charge in [-0.1, -0.05) is 192 Å². The lowest BCUT2D eigenvalue weighted by molar-refractivity contribution is -0.302. The van der Waals surface area contributed by atoms with Crippen molar-refractivity contribution >= 4 is 11.9 Å². The number of allylic oxidation sites excluding steroid dienone is 5. The molecule has 1 aliphatic heterocycles. The maximum atomic E-state index is 13.0. The first-order chi connectivity index (χ1) is 31.7. The van der Waals surface area contributed by atoms with Crippen molar-refractivity contribution in [3.8, 4) is 0 Å². The van der Waals surface area contributed by atoms with E-state index < -0.39 is 49.5 Å². The van der Waals surface area contributed by atoms with Crippen molar-refractivity contribution in [2.45, 2.75) is 275 Å². The third-order valence-electron chi connectivity index (χ3n) is 12.5. The number of carbonyl (C=O) groups excluding carboxylic acids is 2. The molecule has 0 aromatic heterocycles. The molecule has 0 aliphatic carbocycles. The van der Waals surface area contributed by atoms with Crippen LogP contribution >= 0.6 is 0 Å². The summed E-state index contributed by atoms with van der Waals surface area (Å²) in [6.07, 6.45) is 42.2. The average Bonchev–Trinajstić information content (AvgIpc) is 3.30. The zero-order valence-corrected chi connectivity index (χ0v) is 41.4. The molecule has 0 radical (unpaired) electrons. The van der Waals surface area contributed by atoms with E-state index in [-0.39, 0.29) is 18.5 Å². The van der Waals surface area contributed by atoms with E-state index in [9.17, 15) is 35.1 Å². The molecule has 1 saturated heterocycles. The zero-order chi connectivity index (χ0) is 47.4. The Morgan fingerprint density at radius 2 is 1.02 bits per heavy atom. The fourth-order valence-corrected chi connectivity index (χ4v) is 8.19. The molecule has 0 spiro atoms. The van der Waals surface area contributed by atoms with Gasteiger partial charge in [-0.25, -0.2) is 0 Å². The molecule has 65 heavy (non-hydrogen) atoms. The van der Waals surface area contributed by atoms with E-state index >= 15 is 0 Å². The first-order valence-electron chi connectivity index (χ1n) is 26.8. The van der Waals surface area contributed by atoms with Crippen molar-refractivity contribution in [2.75, 3.05) is 19.8 Å². The van der Waals surface area contributed by atoms with Crippen LogP contribution in [-0.2, 0) is 23.8 Å². The molecule has 380 valence electrons. The first kappa shape index (κ1) is 60.9. The average molecular weight is 922 g/mol. The van der Waals surface area contributed by atoms with Crippen molar-refractivity contribution in [1.82, 2.24) is 5.32 Å². The maximum Gasteiger partial charge on any atom is 0.305 e. The van der Waals surface area contributed by atoms with Crippen LogP contribution in [-0.4, -0.2) is 100 Å². The normalized spacial score (nSPS) is 20.0. The second-order valence-electron chi connectivity index (χ2n) is 18.6. The molecule has 1 rings (SSSR count). The van der Waals surface area contributed by atoms with Crippen LogP contribution in [0, 0.1) is 0 Å². The number of nitrogens with one attached hydrogen (secondary N) is 1. The lowest BCUT2D eigenvalue weighted by Crippen LogP contribution is -2.60. The van der Waals surface area contributed by atoms with Crippen LogP contribution in [0.25, 0.3) is 0 Å². The van der Waals surface area contributed by atoms with E-state index in [0.29, 0.717) is 19.4 Å². The van der Waals surface area contributed by atoms with Crippen LogP contribution in [0.3, 0.4) is 0 Å². The third kappa shape index (κ3) is 34.8. The molecule has 7 atom stereocenters. The van der Waals surface area contributed by atoms with Crippen LogP contribution in [0.15, 0.2) is 36.5 Å². The molecular formula is C54H99NO10. The summed E-state index contributed by atoms with van der Waals surface area (Å²) in [7, 11) is 0. The second kappa shape index (κ2) is 44.4. The number of hydrogen-bond acceptors (Lipinski definition) is 10. The second-order valence-corrected chi connectivity index (χ2v) is 18.6. The third-order valence-corrected chi connectivity index (χ3v) is 12.5. The van der Waals surface area contributed by atoms with E-state index in [2.05, 4.69) is 43.5 Å². The highest BCUT2D eigenvalue weighted by molar-refractivity contribution is 5.76. The standard InChI is InChI=1S/C54H99NO10/c1-3-5-7-9-11-13-20-24-28-32-36-40-47(57)46(45-64-54-53(62)52(61)51(60)48(44-56)65-54)55-49(58)41-37-33-29-25-22-18-16-15-17-19-23-27-31-35-39-43-63-50(59)42-38-34-30-26-21-14-12-10-8-6-4-2/h15,17,19,23,36,40,46-48,51-54,56-57,60-62H,3-14,16,18,20-22,24-35,37-39,41-45H2,1-2H3,(H,55,58)/b17-15-,23-19-,40-36+. The van der Waals surface area contributed by atoms with Gasteiger partial charge < -0.3 is 45.1 Å². The van der Waals surface area contributed by atoms with Crippen molar-refractivity contribution in [3.63, 3.8) is 0 Å². The molecule has 1 amide bonds. The highest BCUT2D eigenvalue weighted by Gasteiger charge is 2.44. The van der Waals surface area contributed by atoms with Crippen LogP contribution in [0.1, 0.15) is 232 Å². The number of aliphatic hydroxyl groups is 5. The monoisotopic (exact) mass is 922 g/mol. The maximum absolute atomic E-state index is 13.0. The number of amides is 1. The number of ether oxygens (including phenoxy) is 3. The number of unbranched alkanes of at least 4 members (excludes halogenated alkanes) is 28. The Balaban J connectivity index is 2.19. The molecule has 11 nitrogen and oxygen atoms in total. The first-order valence-corrected chi connectivity index (χ1v) is 26.8. The molecule has 7 unspecified atom stereocenters. The Kier molecular flexibility index (Phi) is 41.6. The largest absolute Gasteiger partial charge is 0.466 e. The minimum Gasteiger partial charge on any atom is -0.466 e. The summed E-state index contributed by atoms with van der Waals surface area (Å²) in [6.45, 7) is 4.24. The minimum atomic E-state index is -1.58. The van der Waals surface area contributed by atoms with E-state index in [1.807, 2.05) is 6.08 Å². The van der Waals surface area contributed by atoms with Gasteiger partial charge in [0, 0.05) is 12.8 Å². The van der Waals surface area contributed by atoms with Crippen LogP contribution in [0.2, 0.25) is 0 Å². The van der Waals surface area contributed by atoms with Gasteiger partial charge in [0.1, 0.15) is 24.4 Å². The van der Waals surface area contributed by atoms with Crippen LogP contribution in [0.5, 0.6) is 0 Å². The van der Waals surface area contributed by atoms with Crippen molar-refractivity contribution in [2.24, 2.45) is 0 Å². The van der Waals surface area contributed by atoms with Crippen molar-refractivity contribution in [3.05, 3.63) is 36.5 Å². The topological polar surface area (TPSA) is 175 Å². The summed E-state index contributed by atoms with van der Waals surface area (Å²) in [5, 5.41) is 54.2. The molecule has 1 fully saturated rings. The number of rotatable bonds is 45. The highest BCUT2D eigenvalue weighted by atomic mass is 16.7. The van der Waals surface area contributed by atoms with Crippen molar-refractivity contribution in [1.29, 1.82) is 0 Å². The summed E-state index contributed by atoms with van der Waals surface area (Å²) in [4.78, 5) is 25.0. The summed E-state index contributed by atoms with van der Waals surface area (Å²) < 4.78 is 16.6. The molecule has 0 bridgehead atoms. The summed E-state index contributed by atoms with van der Waals surface area (Å²) >= 11 is 0. The van der Waals surface area contributed by atoms with Gasteiger partial charge in [0.2, 0.25) is 5.91 Å². The molecule has 1 heterocycles. The fraction of sp³-hybridized carbons (Fsp3) is 0.852. The van der Waals surface area contributed by atoms with Gasteiger partial charge in [-0.05, 0) is 64.2 Å². The highest BCUT2D eigenvalue weighted by Crippen LogP contribution is 2.23. The lowest BCUT2D eigenvalue weighted by Gasteiger charge is -2.40. The van der Waals surface area contributed by atoms with E-state index in [4.69, 9.17) is 14.2 Å². The van der Waals surface area contributed by atoms with Crippen LogP contribution in [0.4, 0.5) is 0 Å². The van der Waals surface area contributed by atoms with Gasteiger partial charge in [0.05, 0.1) is 32.0 Å². The summed E-state index contributed by atoms with van der Waals surface area (Å²) in [6, 6.07) is -0.825. The number of aliphatic hydroxyl groups excluding tert-OH is 5. The number of carbonyl (C=O) groups is 2. The van der Waals surface area contributed by atoms with Gasteiger partial charge in [-0.2, -0.15) is 0 Å². The van der Waals surface area contributed by atoms with E-state index in [0.717, 1.165) is 103 Å². The fourth-order valence-electron chi connectivity index (χ4n) is 8.19. The Bertz CT molecular complexity index is 1180. The van der Waals surface area contributed by atoms with E-state index in [1.165, 1.54) is 103 Å². The SMILES string of the molecule is CCCCCCCCCCC/C=C/C(O)C(COC1OC(CO)C(O)C(O)C1O)NC(=O)CCCCCCCC/C=C\C=C/CCCCCOC(=O)CCCCCCCCCCCCC. The van der Waals surface area contributed by atoms with Gasteiger partial charge in [0.15, 0.2) is 6.29 Å². The summed E-state index contributed by atoms with van der Waals surface area (Å²) in [5.74, 6) is -0.248. The van der Waals surface area contributed by atoms with Crippen LogP contribution < -0.4 is 5.32 Å².